The largest absolute Gasteiger partial charge is 0.483 e. The Morgan fingerprint density at radius 3 is 2.56 bits per heavy atom. The minimum absolute atomic E-state index is 0.0213. The number of likely N-dealkylation sites (tertiary alicyclic amines) is 1. The van der Waals surface area contributed by atoms with Gasteiger partial charge >= 0.3 is 17.0 Å². The molecule has 0 saturated carbocycles. The molecular weight excluding hydrogens is 611 g/mol. The van der Waals surface area contributed by atoms with Gasteiger partial charge in [0.15, 0.2) is 6.61 Å². The van der Waals surface area contributed by atoms with Gasteiger partial charge in [0.25, 0.3) is 5.91 Å². The summed E-state index contributed by atoms with van der Waals surface area (Å²) < 4.78 is 45.7. The van der Waals surface area contributed by atoms with Crippen molar-refractivity contribution in [3.8, 4) is 5.75 Å². The molecule has 0 radical (unpaired) electrons. The summed E-state index contributed by atoms with van der Waals surface area (Å²) in [6.07, 6.45) is -4.71. The summed E-state index contributed by atoms with van der Waals surface area (Å²) in [5.41, 5.74) is -1.28. The molecule has 1 saturated heterocycles. The second-order valence-electron chi connectivity index (χ2n) is 8.97. The fourth-order valence-corrected chi connectivity index (χ4v) is 7.47. The third kappa shape index (κ3) is 5.56. The molecule has 1 aromatic heterocycles. The van der Waals surface area contributed by atoms with Gasteiger partial charge in [0, 0.05) is 21.4 Å². The number of imide groups is 1. The van der Waals surface area contributed by atoms with Gasteiger partial charge in [-0.25, -0.2) is 0 Å². The number of thiazole rings is 1. The van der Waals surface area contributed by atoms with Gasteiger partial charge in [0.05, 0.1) is 22.2 Å². The number of nitrogens with zero attached hydrogens (tertiary/aromatic N) is 1. The van der Waals surface area contributed by atoms with Crippen molar-refractivity contribution in [3.63, 3.8) is 0 Å². The van der Waals surface area contributed by atoms with Crippen LogP contribution in [-0.2, 0) is 25.4 Å². The van der Waals surface area contributed by atoms with E-state index in [1.807, 2.05) is 0 Å². The third-order valence-corrected chi connectivity index (χ3v) is 9.02. The van der Waals surface area contributed by atoms with E-state index in [0.29, 0.717) is 14.8 Å². The van der Waals surface area contributed by atoms with E-state index in [1.165, 1.54) is 30.3 Å². The number of para-hydroxylation sites is 1. The van der Waals surface area contributed by atoms with E-state index in [4.69, 9.17) is 16.3 Å². The zero-order valence-corrected chi connectivity index (χ0v) is 22.7. The Morgan fingerprint density at radius 1 is 1.12 bits per heavy atom. The molecule has 0 bridgehead atoms. The monoisotopic (exact) mass is 627 g/mol. The number of thioether (sulfide) groups is 1. The van der Waals surface area contributed by atoms with Crippen molar-refractivity contribution in [2.75, 3.05) is 18.5 Å². The van der Waals surface area contributed by atoms with Gasteiger partial charge < -0.3 is 20.1 Å². The number of alkyl halides is 3. The van der Waals surface area contributed by atoms with Crippen LogP contribution in [0.5, 0.6) is 5.75 Å². The predicted octanol–water partition coefficient (Wildman–Crippen LogP) is 3.80. The quantitative estimate of drug-likeness (QED) is 0.336. The molecule has 5 rings (SSSR count). The van der Waals surface area contributed by atoms with Crippen molar-refractivity contribution >= 4 is 64.1 Å². The lowest BCUT2D eigenvalue weighted by molar-refractivity contribution is -0.149. The Kier molecular flexibility index (Phi) is 7.61. The lowest BCUT2D eigenvalue weighted by Gasteiger charge is -2.31. The Balaban J connectivity index is 1.48. The lowest BCUT2D eigenvalue weighted by Crippen LogP contribution is -2.36. The number of rotatable bonds is 7. The first kappa shape index (κ1) is 28.7. The van der Waals surface area contributed by atoms with Gasteiger partial charge in [-0.05, 0) is 30.3 Å². The zero-order valence-electron chi connectivity index (χ0n) is 20.4. The van der Waals surface area contributed by atoms with Crippen LogP contribution in [0.15, 0.2) is 52.3 Å². The third-order valence-electron chi connectivity index (χ3n) is 6.38. The summed E-state index contributed by atoms with van der Waals surface area (Å²) in [6.45, 7) is -1.58. The Labute approximate surface area is 241 Å². The van der Waals surface area contributed by atoms with Crippen LogP contribution in [0.1, 0.15) is 21.9 Å². The Bertz CT molecular complexity index is 1640. The molecule has 214 valence electrons. The lowest BCUT2D eigenvalue weighted by atomic mass is 9.82. The number of ether oxygens (including phenoxy) is 1. The number of halogens is 4. The molecule has 41 heavy (non-hydrogen) atoms. The van der Waals surface area contributed by atoms with E-state index in [9.17, 15) is 42.3 Å². The van der Waals surface area contributed by atoms with Crippen LogP contribution in [0.4, 0.5) is 18.9 Å². The van der Waals surface area contributed by atoms with Crippen LogP contribution < -0.4 is 14.9 Å². The van der Waals surface area contributed by atoms with Crippen LogP contribution >= 0.6 is 34.7 Å². The predicted molar refractivity (Wildman–Crippen MR) is 141 cm³/mol. The molecule has 2 aliphatic heterocycles. The number of carbonyl (C=O) groups excluding carboxylic acids is 3. The maximum absolute atomic E-state index is 13.4. The number of aromatic amines is 1. The van der Waals surface area contributed by atoms with Crippen molar-refractivity contribution in [1.82, 2.24) is 9.88 Å². The number of anilines is 1. The molecule has 0 spiro atoms. The minimum Gasteiger partial charge on any atom is -0.483 e. The number of amides is 3. The zero-order chi connectivity index (χ0) is 29.6. The first-order valence-corrected chi connectivity index (χ1v) is 13.8. The molecule has 0 unspecified atom stereocenters. The summed E-state index contributed by atoms with van der Waals surface area (Å²) in [5, 5.41) is 10.9. The number of nitrogens with one attached hydrogen (secondary N) is 2. The molecule has 3 amide bonds. The van der Waals surface area contributed by atoms with Crippen LogP contribution in [0.2, 0.25) is 5.02 Å². The maximum Gasteiger partial charge on any atom is 0.418 e. The maximum atomic E-state index is 13.4. The SMILES string of the molecule is O=C(O)CN1C(=O)[C@@H]2[C@H](c3cc(Cl)ccc3OCC(=O)Nc3ccccc3C(F)(F)F)c3sc(=O)[nH]c3S[C@@H]2C1=O. The number of benzene rings is 2. The number of aromatic nitrogens is 1. The summed E-state index contributed by atoms with van der Waals surface area (Å²) in [6, 6.07) is 8.65. The average Bonchev–Trinajstić information content (AvgIpc) is 3.38. The summed E-state index contributed by atoms with van der Waals surface area (Å²) in [5.74, 6) is -5.89. The summed E-state index contributed by atoms with van der Waals surface area (Å²) >= 11 is 7.98. The normalized spacial score (nSPS) is 20.0. The second kappa shape index (κ2) is 10.9. The first-order valence-electron chi connectivity index (χ1n) is 11.7. The van der Waals surface area contributed by atoms with E-state index >= 15 is 0 Å². The topological polar surface area (TPSA) is 146 Å². The highest BCUT2D eigenvalue weighted by molar-refractivity contribution is 8.00. The van der Waals surface area contributed by atoms with Crippen LogP contribution in [0, 0.1) is 5.92 Å². The van der Waals surface area contributed by atoms with Crippen molar-refractivity contribution in [2.24, 2.45) is 5.92 Å². The molecular formula is C25H17ClF3N3O7S2. The van der Waals surface area contributed by atoms with Gasteiger partial charge in [-0.1, -0.05) is 46.8 Å². The number of H-pyrrole nitrogens is 1. The standard InChI is InChI=1S/C25H17ClF3N3O7S2/c26-10-5-6-14(39-9-15(33)30-13-4-2-1-3-12(13)25(27,28)29)11(7-10)17-18-20(40-21-19(17)41-24(38)31-21)23(37)32(22(18)36)8-16(34)35/h1-7,17-18,20H,8-9H2,(H,30,33)(H,31,38)(H,34,35)/t17-,18+,20-/m0/s1. The van der Waals surface area contributed by atoms with Crippen molar-refractivity contribution in [3.05, 3.63) is 73.2 Å². The number of aliphatic carboxylic acids is 1. The molecule has 16 heteroatoms. The molecule has 1 fully saturated rings. The van der Waals surface area contributed by atoms with Gasteiger partial charge in [0.2, 0.25) is 11.8 Å². The number of carboxylic acids is 1. The van der Waals surface area contributed by atoms with Gasteiger partial charge in [0.1, 0.15) is 17.5 Å². The summed E-state index contributed by atoms with van der Waals surface area (Å²) in [4.78, 5) is 65.8. The molecule has 2 aliphatic rings. The van der Waals surface area contributed by atoms with Crippen molar-refractivity contribution < 1.29 is 42.2 Å². The minimum atomic E-state index is -4.71. The highest BCUT2D eigenvalue weighted by atomic mass is 35.5. The van der Waals surface area contributed by atoms with Crippen molar-refractivity contribution in [2.45, 2.75) is 22.4 Å². The number of carboxylic acid groups (broad SMARTS) is 1. The number of hydrogen-bond donors (Lipinski definition) is 3. The molecule has 3 heterocycles. The number of hydrogen-bond acceptors (Lipinski definition) is 8. The van der Waals surface area contributed by atoms with E-state index in [-0.39, 0.29) is 16.3 Å². The fraction of sp³-hybridized carbons (Fsp3) is 0.240. The smallest absolute Gasteiger partial charge is 0.418 e. The average molecular weight is 628 g/mol. The van der Waals surface area contributed by atoms with Crippen molar-refractivity contribution in [1.29, 1.82) is 0 Å². The van der Waals surface area contributed by atoms with E-state index < -0.39 is 76.2 Å². The molecule has 3 N–H and O–H groups in total. The molecule has 0 aliphatic carbocycles. The highest BCUT2D eigenvalue weighted by Gasteiger charge is 2.56. The van der Waals surface area contributed by atoms with Crippen LogP contribution in [-0.4, -0.2) is 57.1 Å². The first-order chi connectivity index (χ1) is 19.3. The van der Waals surface area contributed by atoms with E-state index in [2.05, 4.69) is 10.3 Å². The molecule has 3 atom stereocenters. The Morgan fingerprint density at radius 2 is 1.85 bits per heavy atom. The molecule has 3 aromatic rings. The van der Waals surface area contributed by atoms with Crippen LogP contribution in [0.25, 0.3) is 0 Å². The molecule has 10 nitrogen and oxygen atoms in total. The highest BCUT2D eigenvalue weighted by Crippen LogP contribution is 2.54. The second-order valence-corrected chi connectivity index (χ2v) is 11.6. The van der Waals surface area contributed by atoms with Gasteiger partial charge in [-0.15, -0.1) is 0 Å². The number of carbonyl (C=O) groups is 4. The fourth-order valence-electron chi connectivity index (χ4n) is 4.76. The van der Waals surface area contributed by atoms with Crippen LogP contribution in [0.3, 0.4) is 0 Å². The van der Waals surface area contributed by atoms with Gasteiger partial charge in [-0.2, -0.15) is 13.2 Å². The van der Waals surface area contributed by atoms with Gasteiger partial charge in [-0.3, -0.25) is 28.9 Å². The summed E-state index contributed by atoms with van der Waals surface area (Å²) in [7, 11) is 0. The number of fused-ring (bicyclic) bond motifs is 2. The molecule has 2 aromatic carbocycles. The van der Waals surface area contributed by atoms with E-state index in [1.54, 1.807) is 0 Å². The Hall–Kier alpha value is -3.82. The van der Waals surface area contributed by atoms with E-state index in [0.717, 1.165) is 35.2 Å².